The van der Waals surface area contributed by atoms with Gasteiger partial charge in [0, 0.05) is 18.0 Å². The predicted molar refractivity (Wildman–Crippen MR) is 87.3 cm³/mol. The van der Waals surface area contributed by atoms with Gasteiger partial charge in [0.15, 0.2) is 0 Å². The highest BCUT2D eigenvalue weighted by atomic mass is 35.5. The Morgan fingerprint density at radius 3 is 2.67 bits per heavy atom. The van der Waals surface area contributed by atoms with E-state index in [1.54, 1.807) is 10.9 Å². The molecule has 0 saturated carbocycles. The number of benzene rings is 1. The molecule has 0 spiro atoms. The van der Waals surface area contributed by atoms with Gasteiger partial charge in [-0.25, -0.2) is 4.68 Å². The van der Waals surface area contributed by atoms with E-state index in [4.69, 9.17) is 28.3 Å². The van der Waals surface area contributed by atoms with E-state index in [2.05, 4.69) is 24.3 Å². The third-order valence-corrected chi connectivity index (χ3v) is 4.18. The number of rotatable bonds is 6. The molecule has 0 amide bonds. The summed E-state index contributed by atoms with van der Waals surface area (Å²) in [4.78, 5) is 0. The molecule has 1 aromatic heterocycles. The van der Waals surface area contributed by atoms with E-state index in [0.29, 0.717) is 23.1 Å². The van der Waals surface area contributed by atoms with E-state index in [0.717, 1.165) is 11.4 Å². The normalized spacial score (nSPS) is 11.7. The molecule has 2 N–H and O–H groups in total. The Bertz CT molecular complexity index is 611. The summed E-state index contributed by atoms with van der Waals surface area (Å²) in [6.45, 7) is 5.51. The Kier molecular flexibility index (Phi) is 5.14. The minimum atomic E-state index is -0.122. The molecule has 21 heavy (non-hydrogen) atoms. The molecule has 0 atom stereocenters. The fourth-order valence-electron chi connectivity index (χ4n) is 2.09. The third-order valence-electron chi connectivity index (χ3n) is 3.44. The van der Waals surface area contributed by atoms with E-state index in [1.807, 2.05) is 24.3 Å². The lowest BCUT2D eigenvalue weighted by Crippen LogP contribution is -2.28. The van der Waals surface area contributed by atoms with Gasteiger partial charge in [0.25, 0.3) is 0 Å². The average molecular weight is 328 g/mol. The van der Waals surface area contributed by atoms with E-state index in [1.165, 1.54) is 0 Å². The number of anilines is 1. The van der Waals surface area contributed by atoms with Gasteiger partial charge < -0.3 is 10.4 Å². The second-order valence-corrected chi connectivity index (χ2v) is 6.34. The lowest BCUT2D eigenvalue weighted by atomic mass is 9.84. The Hall–Kier alpha value is -1.23. The monoisotopic (exact) mass is 327 g/mol. The average Bonchev–Trinajstić information content (AvgIpc) is 2.87. The van der Waals surface area contributed by atoms with E-state index in [9.17, 15) is 0 Å². The molecule has 6 heteroatoms. The lowest BCUT2D eigenvalue weighted by Gasteiger charge is -2.26. The molecular formula is C15H19Cl2N3O. The quantitative estimate of drug-likeness (QED) is 0.852. The summed E-state index contributed by atoms with van der Waals surface area (Å²) in [6, 6.07) is 7.59. The van der Waals surface area contributed by atoms with Crippen LogP contribution in [0.3, 0.4) is 0 Å². The molecule has 0 aliphatic heterocycles. The molecule has 114 valence electrons. The largest absolute Gasteiger partial charge is 0.394 e. The third kappa shape index (κ3) is 3.90. The first-order chi connectivity index (χ1) is 9.94. The van der Waals surface area contributed by atoms with E-state index in [-0.39, 0.29) is 12.0 Å². The van der Waals surface area contributed by atoms with E-state index >= 15 is 0 Å². The van der Waals surface area contributed by atoms with Crippen molar-refractivity contribution >= 4 is 29.0 Å². The lowest BCUT2D eigenvalue weighted by molar-refractivity contribution is 0.270. The van der Waals surface area contributed by atoms with Crippen LogP contribution in [0.25, 0.3) is 0 Å². The molecule has 0 aliphatic rings. The van der Waals surface area contributed by atoms with Crippen molar-refractivity contribution in [1.82, 2.24) is 9.78 Å². The van der Waals surface area contributed by atoms with Crippen molar-refractivity contribution in [1.29, 1.82) is 0 Å². The van der Waals surface area contributed by atoms with Crippen LogP contribution < -0.4 is 5.32 Å². The maximum atomic E-state index is 9.01. The molecule has 0 aliphatic carbocycles. The predicted octanol–water partition coefficient (Wildman–Crippen LogP) is 3.57. The van der Waals surface area contributed by atoms with Crippen LogP contribution in [0, 0.1) is 0 Å². The molecule has 0 saturated heterocycles. The smallest absolute Gasteiger partial charge is 0.124 e. The molecule has 2 aromatic rings. The first kappa shape index (κ1) is 16.1. The summed E-state index contributed by atoms with van der Waals surface area (Å²) in [5.74, 6) is 0.886. The molecule has 0 radical (unpaired) electrons. The van der Waals surface area contributed by atoms with Crippen molar-refractivity contribution in [2.45, 2.75) is 25.8 Å². The highest BCUT2D eigenvalue weighted by Crippen LogP contribution is 2.30. The summed E-state index contributed by atoms with van der Waals surface area (Å²) in [5, 5.41) is 17.7. The summed E-state index contributed by atoms with van der Waals surface area (Å²) in [5.41, 5.74) is 0.986. The number of nitrogens with one attached hydrogen (secondary N) is 1. The number of nitrogens with zero attached hydrogens (tertiary/aromatic N) is 2. The van der Waals surface area contributed by atoms with Gasteiger partial charge in [0.1, 0.15) is 5.82 Å². The molecule has 1 heterocycles. The van der Waals surface area contributed by atoms with Crippen LogP contribution in [0.5, 0.6) is 0 Å². The molecule has 0 unspecified atom stereocenters. The van der Waals surface area contributed by atoms with Crippen LogP contribution in [-0.2, 0) is 12.0 Å². The first-order valence-electron chi connectivity index (χ1n) is 6.76. The SMILES string of the molecule is CC(C)(CNc1ccnn1CCO)c1ccc(Cl)c(Cl)c1. The molecule has 1 aromatic carbocycles. The zero-order valence-corrected chi connectivity index (χ0v) is 13.6. The number of aliphatic hydroxyl groups excluding tert-OH is 1. The molecular weight excluding hydrogens is 309 g/mol. The molecule has 0 fully saturated rings. The van der Waals surface area contributed by atoms with Crippen molar-refractivity contribution in [2.75, 3.05) is 18.5 Å². The Balaban J connectivity index is 2.09. The van der Waals surface area contributed by atoms with Crippen LogP contribution in [0.1, 0.15) is 19.4 Å². The number of aromatic nitrogens is 2. The van der Waals surface area contributed by atoms with Gasteiger partial charge in [0.05, 0.1) is 29.4 Å². The van der Waals surface area contributed by atoms with Crippen molar-refractivity contribution in [2.24, 2.45) is 0 Å². The minimum absolute atomic E-state index is 0.0620. The van der Waals surface area contributed by atoms with Gasteiger partial charge in [-0.3, -0.25) is 0 Å². The van der Waals surface area contributed by atoms with Gasteiger partial charge in [-0.1, -0.05) is 43.1 Å². The van der Waals surface area contributed by atoms with Crippen molar-refractivity contribution < 1.29 is 5.11 Å². The van der Waals surface area contributed by atoms with Crippen LogP contribution >= 0.6 is 23.2 Å². The second-order valence-electron chi connectivity index (χ2n) is 5.53. The Labute approximate surface area is 134 Å². The topological polar surface area (TPSA) is 50.1 Å². The number of aliphatic hydroxyl groups is 1. The van der Waals surface area contributed by atoms with Crippen molar-refractivity contribution in [3.05, 3.63) is 46.1 Å². The highest BCUT2D eigenvalue weighted by molar-refractivity contribution is 6.42. The molecule has 0 bridgehead atoms. The standard InChI is InChI=1S/C15H19Cl2N3O/c1-15(2,11-3-4-12(16)13(17)9-11)10-18-14-5-6-19-20(14)7-8-21/h3-6,9,18,21H,7-8,10H2,1-2H3. The minimum Gasteiger partial charge on any atom is -0.394 e. The highest BCUT2D eigenvalue weighted by Gasteiger charge is 2.21. The Morgan fingerprint density at radius 2 is 2.00 bits per heavy atom. The van der Waals surface area contributed by atoms with Gasteiger partial charge in [-0.2, -0.15) is 5.10 Å². The van der Waals surface area contributed by atoms with Crippen molar-refractivity contribution in [3.63, 3.8) is 0 Å². The maximum absolute atomic E-state index is 9.01. The van der Waals surface area contributed by atoms with Crippen molar-refractivity contribution in [3.8, 4) is 0 Å². The van der Waals surface area contributed by atoms with Crippen LogP contribution in [-0.4, -0.2) is 28.0 Å². The zero-order chi connectivity index (χ0) is 15.5. The van der Waals surface area contributed by atoms with Gasteiger partial charge in [0.2, 0.25) is 0 Å². The second kappa shape index (κ2) is 6.69. The fourth-order valence-corrected chi connectivity index (χ4v) is 2.38. The van der Waals surface area contributed by atoms with Gasteiger partial charge in [-0.15, -0.1) is 0 Å². The summed E-state index contributed by atoms with van der Waals surface area (Å²) in [7, 11) is 0. The van der Waals surface area contributed by atoms with Crippen LogP contribution in [0.2, 0.25) is 10.0 Å². The van der Waals surface area contributed by atoms with Gasteiger partial charge >= 0.3 is 0 Å². The maximum Gasteiger partial charge on any atom is 0.124 e. The zero-order valence-electron chi connectivity index (χ0n) is 12.1. The molecule has 2 rings (SSSR count). The summed E-state index contributed by atoms with van der Waals surface area (Å²) in [6.07, 6.45) is 1.71. The van der Waals surface area contributed by atoms with E-state index < -0.39 is 0 Å². The van der Waals surface area contributed by atoms with Gasteiger partial charge in [-0.05, 0) is 17.7 Å². The molecule has 4 nitrogen and oxygen atoms in total. The Morgan fingerprint density at radius 1 is 1.24 bits per heavy atom. The van der Waals surface area contributed by atoms with Crippen LogP contribution in [0.15, 0.2) is 30.5 Å². The summed E-state index contributed by atoms with van der Waals surface area (Å²) >= 11 is 12.1. The van der Waals surface area contributed by atoms with Crippen LogP contribution in [0.4, 0.5) is 5.82 Å². The fraction of sp³-hybridized carbons (Fsp3) is 0.400. The number of halogens is 2. The first-order valence-corrected chi connectivity index (χ1v) is 7.52. The number of hydrogen-bond acceptors (Lipinski definition) is 3. The number of hydrogen-bond donors (Lipinski definition) is 2. The summed E-state index contributed by atoms with van der Waals surface area (Å²) < 4.78 is 1.74.